The highest BCUT2D eigenvalue weighted by molar-refractivity contribution is 5.91. The first kappa shape index (κ1) is 17.9. The molecule has 0 atom stereocenters. The smallest absolute Gasteiger partial charge is 0.273 e. The molecule has 1 aromatic carbocycles. The van der Waals surface area contributed by atoms with Gasteiger partial charge >= 0.3 is 0 Å². The molecule has 0 radical (unpaired) electrons. The van der Waals surface area contributed by atoms with E-state index in [-0.39, 0.29) is 18.4 Å². The van der Waals surface area contributed by atoms with Gasteiger partial charge in [-0.15, -0.1) is 5.10 Å². The van der Waals surface area contributed by atoms with Crippen molar-refractivity contribution in [1.82, 2.24) is 30.6 Å². The molecule has 3 aromatic rings. The van der Waals surface area contributed by atoms with E-state index in [1.807, 2.05) is 36.4 Å². The molecule has 9 nitrogen and oxygen atoms in total. The highest BCUT2D eigenvalue weighted by atomic mass is 16.7. The number of ether oxygens (including phenoxy) is 2. The van der Waals surface area contributed by atoms with Crippen LogP contribution in [0.25, 0.3) is 0 Å². The molecule has 0 spiro atoms. The number of carbonyl (C=O) groups is 1. The first-order chi connectivity index (χ1) is 13.8. The van der Waals surface area contributed by atoms with Crippen molar-refractivity contribution in [2.24, 2.45) is 0 Å². The van der Waals surface area contributed by atoms with Gasteiger partial charge in [-0.3, -0.25) is 14.5 Å². The van der Waals surface area contributed by atoms with Crippen LogP contribution in [0.1, 0.15) is 21.7 Å². The second kappa shape index (κ2) is 8.49. The average Bonchev–Trinajstić information content (AvgIpc) is 3.39. The Labute approximate surface area is 161 Å². The molecule has 0 fully saturated rings. The van der Waals surface area contributed by atoms with Crippen LogP contribution in [-0.4, -0.2) is 39.2 Å². The van der Waals surface area contributed by atoms with Gasteiger partial charge in [0, 0.05) is 19.3 Å². The maximum atomic E-state index is 12.1. The molecule has 2 N–H and O–H groups in total. The Morgan fingerprint density at radius 1 is 1.14 bits per heavy atom. The zero-order valence-corrected chi connectivity index (χ0v) is 15.2. The lowest BCUT2D eigenvalue weighted by molar-refractivity contribution is 0.0945. The lowest BCUT2D eigenvalue weighted by atomic mass is 10.2. The van der Waals surface area contributed by atoms with Crippen molar-refractivity contribution >= 4 is 5.91 Å². The van der Waals surface area contributed by atoms with Crippen LogP contribution in [0.5, 0.6) is 11.5 Å². The molecular formula is C19H20N6O3. The number of amides is 1. The number of aromatic nitrogens is 4. The quantitative estimate of drug-likeness (QED) is 0.565. The number of hydrogen-bond donors (Lipinski definition) is 2. The van der Waals surface area contributed by atoms with Crippen molar-refractivity contribution in [2.75, 3.05) is 13.3 Å². The number of benzene rings is 1. The number of rotatable bonds is 8. The molecule has 9 heteroatoms. The second-order valence-electron chi connectivity index (χ2n) is 6.23. The van der Waals surface area contributed by atoms with Gasteiger partial charge < -0.3 is 20.1 Å². The van der Waals surface area contributed by atoms with Gasteiger partial charge in [0.05, 0.1) is 25.0 Å². The molecular weight excluding hydrogens is 360 g/mol. The van der Waals surface area contributed by atoms with Crippen LogP contribution >= 0.6 is 0 Å². The molecule has 1 aliphatic heterocycles. The van der Waals surface area contributed by atoms with Crippen molar-refractivity contribution in [3.05, 3.63) is 65.7 Å². The molecule has 0 bridgehead atoms. The first-order valence-electron chi connectivity index (χ1n) is 8.95. The van der Waals surface area contributed by atoms with Gasteiger partial charge in [0.15, 0.2) is 17.2 Å². The second-order valence-corrected chi connectivity index (χ2v) is 6.23. The first-order valence-corrected chi connectivity index (χ1v) is 8.95. The summed E-state index contributed by atoms with van der Waals surface area (Å²) >= 11 is 0. The Kier molecular flexibility index (Phi) is 5.43. The molecule has 1 amide bonds. The van der Waals surface area contributed by atoms with Crippen LogP contribution < -0.4 is 20.1 Å². The summed E-state index contributed by atoms with van der Waals surface area (Å²) < 4.78 is 12.3. The largest absolute Gasteiger partial charge is 0.454 e. The summed E-state index contributed by atoms with van der Waals surface area (Å²) in [5, 5.41) is 14.0. The summed E-state index contributed by atoms with van der Waals surface area (Å²) in [7, 11) is 0. The third-order valence-corrected chi connectivity index (χ3v) is 4.21. The number of carbonyl (C=O) groups excluding carboxylic acids is 1. The van der Waals surface area contributed by atoms with E-state index in [9.17, 15) is 4.79 Å². The van der Waals surface area contributed by atoms with Crippen LogP contribution in [0, 0.1) is 0 Å². The number of nitrogens with zero attached hydrogens (tertiary/aromatic N) is 4. The van der Waals surface area contributed by atoms with Gasteiger partial charge in [-0.25, -0.2) is 0 Å². The van der Waals surface area contributed by atoms with Crippen LogP contribution in [0.2, 0.25) is 0 Å². The predicted molar refractivity (Wildman–Crippen MR) is 99.7 cm³/mol. The van der Waals surface area contributed by atoms with Crippen LogP contribution in [0.4, 0.5) is 0 Å². The van der Waals surface area contributed by atoms with Gasteiger partial charge in [-0.2, -0.15) is 0 Å². The Hall–Kier alpha value is -3.46. The minimum atomic E-state index is -0.273. The number of hydrogen-bond acceptors (Lipinski definition) is 7. The van der Waals surface area contributed by atoms with Crippen molar-refractivity contribution in [1.29, 1.82) is 0 Å². The van der Waals surface area contributed by atoms with E-state index in [4.69, 9.17) is 9.47 Å². The average molecular weight is 380 g/mol. The molecule has 28 heavy (non-hydrogen) atoms. The maximum absolute atomic E-state index is 12.1. The van der Waals surface area contributed by atoms with Crippen molar-refractivity contribution in [3.8, 4) is 11.5 Å². The zero-order chi connectivity index (χ0) is 19.2. The summed E-state index contributed by atoms with van der Waals surface area (Å²) in [6.45, 7) is 2.61. The van der Waals surface area contributed by atoms with Crippen molar-refractivity contribution in [3.63, 3.8) is 0 Å². The van der Waals surface area contributed by atoms with Crippen LogP contribution in [0.3, 0.4) is 0 Å². The van der Waals surface area contributed by atoms with E-state index in [0.717, 1.165) is 22.8 Å². The molecule has 4 rings (SSSR count). The van der Waals surface area contributed by atoms with E-state index >= 15 is 0 Å². The van der Waals surface area contributed by atoms with Gasteiger partial charge in [-0.05, 0) is 29.8 Å². The molecule has 2 aromatic heterocycles. The number of pyridine rings is 1. The lowest BCUT2D eigenvalue weighted by Crippen LogP contribution is -2.23. The predicted octanol–water partition coefficient (Wildman–Crippen LogP) is 1.12. The lowest BCUT2D eigenvalue weighted by Gasteiger charge is -2.06. The normalized spacial score (nSPS) is 12.1. The Morgan fingerprint density at radius 2 is 2.07 bits per heavy atom. The molecule has 3 heterocycles. The van der Waals surface area contributed by atoms with Gasteiger partial charge in [0.2, 0.25) is 6.79 Å². The van der Waals surface area contributed by atoms with E-state index in [1.165, 1.54) is 0 Å². The summed E-state index contributed by atoms with van der Waals surface area (Å²) in [5.41, 5.74) is 2.18. The van der Waals surface area contributed by atoms with Gasteiger partial charge in [0.25, 0.3) is 5.91 Å². The van der Waals surface area contributed by atoms with Crippen molar-refractivity contribution in [2.45, 2.75) is 19.6 Å². The third-order valence-electron chi connectivity index (χ3n) is 4.21. The Morgan fingerprint density at radius 3 is 2.96 bits per heavy atom. The molecule has 0 aliphatic carbocycles. The van der Waals surface area contributed by atoms with Crippen LogP contribution in [0.15, 0.2) is 48.8 Å². The SMILES string of the molecule is O=C(NCc1ccccn1)c1cn(CCNCc2ccc3c(c2)OCO3)nn1. The van der Waals surface area contributed by atoms with Gasteiger partial charge in [-0.1, -0.05) is 17.3 Å². The molecule has 0 saturated carbocycles. The van der Waals surface area contributed by atoms with Crippen molar-refractivity contribution < 1.29 is 14.3 Å². The van der Waals surface area contributed by atoms with Crippen LogP contribution in [-0.2, 0) is 19.6 Å². The zero-order valence-electron chi connectivity index (χ0n) is 15.2. The van der Waals surface area contributed by atoms with E-state index in [0.29, 0.717) is 26.2 Å². The fourth-order valence-electron chi connectivity index (χ4n) is 2.75. The standard InChI is InChI=1S/C19H20N6O3/c26-19(22-11-15-3-1-2-6-21-15)16-12-25(24-23-16)8-7-20-10-14-4-5-17-18(9-14)28-13-27-17/h1-6,9,12,20H,7-8,10-11,13H2,(H,22,26). The fourth-order valence-corrected chi connectivity index (χ4v) is 2.75. The summed E-state index contributed by atoms with van der Waals surface area (Å²) in [6.07, 6.45) is 3.32. The van der Waals surface area contributed by atoms with Gasteiger partial charge in [0.1, 0.15) is 0 Å². The molecule has 144 valence electrons. The van der Waals surface area contributed by atoms with E-state index in [1.54, 1.807) is 17.1 Å². The fraction of sp³-hybridized carbons (Fsp3) is 0.263. The summed E-state index contributed by atoms with van der Waals surface area (Å²) in [6, 6.07) is 11.4. The highest BCUT2D eigenvalue weighted by Crippen LogP contribution is 2.32. The number of fused-ring (bicyclic) bond motifs is 1. The number of nitrogens with one attached hydrogen (secondary N) is 2. The van der Waals surface area contributed by atoms with E-state index in [2.05, 4.69) is 25.9 Å². The minimum absolute atomic E-state index is 0.273. The molecule has 0 unspecified atom stereocenters. The Balaban J connectivity index is 1.21. The summed E-state index contributed by atoms with van der Waals surface area (Å²) in [5.74, 6) is 1.28. The minimum Gasteiger partial charge on any atom is -0.454 e. The molecule has 0 saturated heterocycles. The summed E-state index contributed by atoms with van der Waals surface area (Å²) in [4.78, 5) is 16.3. The maximum Gasteiger partial charge on any atom is 0.273 e. The Bertz CT molecular complexity index is 944. The monoisotopic (exact) mass is 380 g/mol. The topological polar surface area (TPSA) is 103 Å². The highest BCUT2D eigenvalue weighted by Gasteiger charge is 2.13. The third kappa shape index (κ3) is 4.44. The molecule has 1 aliphatic rings. The van der Waals surface area contributed by atoms with E-state index < -0.39 is 0 Å².